The van der Waals surface area contributed by atoms with Crippen LogP contribution in [-0.4, -0.2) is 61.7 Å². The summed E-state index contributed by atoms with van der Waals surface area (Å²) in [5.74, 6) is -0.608. The Morgan fingerprint density at radius 1 is 1.03 bits per heavy atom. The van der Waals surface area contributed by atoms with Gasteiger partial charge in [0.15, 0.2) is 0 Å². The summed E-state index contributed by atoms with van der Waals surface area (Å²) in [6, 6.07) is 14.2. The van der Waals surface area contributed by atoms with Gasteiger partial charge in [0, 0.05) is 36.8 Å². The number of hydrogen-bond donors (Lipinski definition) is 1. The van der Waals surface area contributed by atoms with Crippen molar-refractivity contribution >= 4 is 33.4 Å². The molecule has 1 aliphatic heterocycles. The van der Waals surface area contributed by atoms with Gasteiger partial charge in [-0.05, 0) is 69.0 Å². The second-order valence-electron chi connectivity index (χ2n) is 8.02. The quantitative estimate of drug-likeness (QED) is 0.613. The molecule has 2 amide bonds. The zero-order valence-corrected chi connectivity index (χ0v) is 20.5. The van der Waals surface area contributed by atoms with Crippen molar-refractivity contribution in [2.24, 2.45) is 5.92 Å². The van der Waals surface area contributed by atoms with Crippen molar-refractivity contribution < 1.29 is 18.0 Å². The summed E-state index contributed by atoms with van der Waals surface area (Å²) in [5.41, 5.74) is 0.484. The lowest BCUT2D eigenvalue weighted by atomic mass is 9.89. The van der Waals surface area contributed by atoms with Crippen LogP contribution < -0.4 is 5.32 Å². The van der Waals surface area contributed by atoms with Crippen LogP contribution in [0.4, 0.5) is 0 Å². The Bertz CT molecular complexity index is 1050. The van der Waals surface area contributed by atoms with Crippen molar-refractivity contribution in [2.45, 2.75) is 37.6 Å². The van der Waals surface area contributed by atoms with Gasteiger partial charge in [-0.1, -0.05) is 29.8 Å². The van der Waals surface area contributed by atoms with Gasteiger partial charge in [0.2, 0.25) is 15.9 Å². The number of piperidine rings is 1. The first-order valence-electron chi connectivity index (χ1n) is 11.2. The third kappa shape index (κ3) is 5.93. The molecule has 178 valence electrons. The number of halogens is 1. The Hall–Kier alpha value is -2.42. The van der Waals surface area contributed by atoms with E-state index in [1.165, 1.54) is 16.4 Å². The van der Waals surface area contributed by atoms with Crippen molar-refractivity contribution in [3.8, 4) is 0 Å². The molecule has 1 aliphatic rings. The number of amides is 2. The molecular weight excluding hydrogens is 462 g/mol. The Morgan fingerprint density at radius 3 is 2.15 bits per heavy atom. The van der Waals surface area contributed by atoms with Crippen LogP contribution in [0.5, 0.6) is 0 Å². The molecule has 0 radical (unpaired) electrons. The summed E-state index contributed by atoms with van der Waals surface area (Å²) in [6.45, 7) is 5.43. The molecule has 0 aromatic heterocycles. The number of nitrogens with zero attached hydrogens (tertiary/aromatic N) is 2. The Morgan fingerprint density at radius 2 is 1.61 bits per heavy atom. The normalized spacial score (nSPS) is 16.2. The molecule has 1 atom stereocenters. The zero-order valence-electron chi connectivity index (χ0n) is 18.9. The predicted octanol–water partition coefficient (Wildman–Crippen LogP) is 3.41. The molecule has 1 N–H and O–H groups in total. The van der Waals surface area contributed by atoms with E-state index in [0.717, 1.165) is 0 Å². The van der Waals surface area contributed by atoms with E-state index < -0.39 is 16.1 Å². The highest BCUT2D eigenvalue weighted by Gasteiger charge is 2.37. The van der Waals surface area contributed by atoms with E-state index in [1.807, 2.05) is 19.9 Å². The average Bonchev–Trinajstić information content (AvgIpc) is 2.84. The number of hydrogen-bond acceptors (Lipinski definition) is 4. The second kappa shape index (κ2) is 11.1. The van der Waals surface area contributed by atoms with E-state index in [9.17, 15) is 18.0 Å². The highest BCUT2D eigenvalue weighted by molar-refractivity contribution is 7.89. The fourth-order valence-electron chi connectivity index (χ4n) is 4.13. The molecule has 33 heavy (non-hydrogen) atoms. The van der Waals surface area contributed by atoms with Crippen LogP contribution in [0.1, 0.15) is 37.0 Å². The van der Waals surface area contributed by atoms with Gasteiger partial charge in [-0.3, -0.25) is 9.59 Å². The summed E-state index contributed by atoms with van der Waals surface area (Å²) in [4.78, 5) is 28.0. The minimum absolute atomic E-state index is 0.136. The molecule has 1 fully saturated rings. The van der Waals surface area contributed by atoms with Crippen LogP contribution in [0.25, 0.3) is 0 Å². The van der Waals surface area contributed by atoms with Crippen molar-refractivity contribution in [1.29, 1.82) is 0 Å². The Balaban J connectivity index is 1.76. The van der Waals surface area contributed by atoms with Crippen molar-refractivity contribution in [2.75, 3.05) is 26.2 Å². The molecule has 1 saturated heterocycles. The minimum atomic E-state index is -3.65. The zero-order chi connectivity index (χ0) is 24.0. The first-order chi connectivity index (χ1) is 15.8. The fourth-order valence-corrected chi connectivity index (χ4v) is 5.73. The third-order valence-corrected chi connectivity index (χ3v) is 8.25. The maximum Gasteiger partial charge on any atom is 0.251 e. The van der Waals surface area contributed by atoms with E-state index in [0.29, 0.717) is 36.5 Å². The third-order valence-electron chi connectivity index (χ3n) is 6.09. The molecule has 3 rings (SSSR count). The van der Waals surface area contributed by atoms with Gasteiger partial charge in [0.25, 0.3) is 5.91 Å². The van der Waals surface area contributed by atoms with E-state index in [2.05, 4.69) is 5.32 Å². The largest absolute Gasteiger partial charge is 0.341 e. The van der Waals surface area contributed by atoms with Crippen molar-refractivity contribution in [1.82, 2.24) is 14.5 Å². The van der Waals surface area contributed by atoms with E-state index in [4.69, 9.17) is 11.6 Å². The molecule has 1 heterocycles. The van der Waals surface area contributed by atoms with Crippen molar-refractivity contribution in [3.05, 3.63) is 65.2 Å². The molecule has 2 aromatic carbocycles. The van der Waals surface area contributed by atoms with Crippen LogP contribution in [-0.2, 0) is 14.8 Å². The maximum absolute atomic E-state index is 13.3. The van der Waals surface area contributed by atoms with Gasteiger partial charge in [-0.15, -0.1) is 0 Å². The first kappa shape index (κ1) is 25.2. The van der Waals surface area contributed by atoms with Gasteiger partial charge >= 0.3 is 0 Å². The molecule has 0 saturated carbocycles. The van der Waals surface area contributed by atoms with E-state index in [1.54, 1.807) is 41.3 Å². The number of sulfonamides is 1. The lowest BCUT2D eigenvalue weighted by molar-refractivity contribution is -0.134. The van der Waals surface area contributed by atoms with Crippen LogP contribution >= 0.6 is 11.6 Å². The SMILES string of the molecule is CCN(CC)C(=O)C(NC(=O)c1ccccc1)C1CCN(S(=O)(=O)c2ccc(Cl)cc2)CC1. The number of nitrogens with one attached hydrogen (secondary N) is 1. The Labute approximate surface area is 200 Å². The molecule has 1 unspecified atom stereocenters. The summed E-state index contributed by atoms with van der Waals surface area (Å²) in [7, 11) is -3.65. The topological polar surface area (TPSA) is 86.8 Å². The van der Waals surface area contributed by atoms with Gasteiger partial charge in [-0.2, -0.15) is 4.31 Å². The first-order valence-corrected chi connectivity index (χ1v) is 13.0. The monoisotopic (exact) mass is 491 g/mol. The number of likely N-dealkylation sites (N-methyl/N-ethyl adjacent to an activating group) is 1. The molecule has 9 heteroatoms. The highest BCUT2D eigenvalue weighted by Crippen LogP contribution is 2.27. The lowest BCUT2D eigenvalue weighted by Gasteiger charge is -2.37. The van der Waals surface area contributed by atoms with Crippen molar-refractivity contribution in [3.63, 3.8) is 0 Å². The van der Waals surface area contributed by atoms with Crippen LogP contribution in [0, 0.1) is 5.92 Å². The van der Waals surface area contributed by atoms with Gasteiger partial charge in [-0.25, -0.2) is 8.42 Å². The molecule has 7 nitrogen and oxygen atoms in total. The number of carbonyl (C=O) groups is 2. The van der Waals surface area contributed by atoms with Gasteiger partial charge in [0.1, 0.15) is 6.04 Å². The van der Waals surface area contributed by atoms with E-state index in [-0.39, 0.29) is 35.7 Å². The number of rotatable bonds is 8. The van der Waals surface area contributed by atoms with Crippen LogP contribution in [0.3, 0.4) is 0 Å². The van der Waals surface area contributed by atoms with Gasteiger partial charge < -0.3 is 10.2 Å². The standard InChI is InChI=1S/C24H30ClN3O4S/c1-3-27(4-2)24(30)22(26-23(29)19-8-6-5-7-9-19)18-14-16-28(17-15-18)33(31,32)21-12-10-20(25)11-13-21/h5-13,18,22H,3-4,14-17H2,1-2H3,(H,26,29). The fraction of sp³-hybridized carbons (Fsp3) is 0.417. The molecule has 0 bridgehead atoms. The summed E-state index contributed by atoms with van der Waals surface area (Å²) in [5, 5.41) is 3.40. The van der Waals surface area contributed by atoms with Gasteiger partial charge in [0.05, 0.1) is 4.90 Å². The molecule has 0 aliphatic carbocycles. The molecule has 2 aromatic rings. The summed E-state index contributed by atoms with van der Waals surface area (Å²) >= 11 is 5.89. The summed E-state index contributed by atoms with van der Waals surface area (Å²) < 4.78 is 27.5. The Kier molecular flexibility index (Phi) is 8.51. The summed E-state index contributed by atoms with van der Waals surface area (Å²) in [6.07, 6.45) is 0.944. The lowest BCUT2D eigenvalue weighted by Crippen LogP contribution is -2.54. The minimum Gasteiger partial charge on any atom is -0.341 e. The van der Waals surface area contributed by atoms with Crippen LogP contribution in [0.2, 0.25) is 5.02 Å². The predicted molar refractivity (Wildman–Crippen MR) is 129 cm³/mol. The molecule has 0 spiro atoms. The second-order valence-corrected chi connectivity index (χ2v) is 10.4. The highest BCUT2D eigenvalue weighted by atomic mass is 35.5. The molecular formula is C24H30ClN3O4S. The van der Waals surface area contributed by atoms with Crippen LogP contribution in [0.15, 0.2) is 59.5 Å². The number of benzene rings is 2. The smallest absolute Gasteiger partial charge is 0.251 e. The van der Waals surface area contributed by atoms with E-state index >= 15 is 0 Å². The number of carbonyl (C=O) groups excluding carboxylic acids is 2. The average molecular weight is 492 g/mol. The maximum atomic E-state index is 13.3.